The van der Waals surface area contributed by atoms with E-state index in [9.17, 15) is 14.7 Å². The SMILES string of the molecule is Cc1noc(-c2ccc3c(c2)ncc2cc(C4(C(=O)O)CC4)ccc23)c1NC(=O)OC(C)c1ccccc1. The lowest BCUT2D eigenvalue weighted by Gasteiger charge is -2.14. The number of aryl methyl sites for hydroxylation is 1. The smallest absolute Gasteiger partial charge is 0.412 e. The Labute approximate surface area is 218 Å². The molecule has 0 aliphatic heterocycles. The minimum absolute atomic E-state index is 0.406. The topological polar surface area (TPSA) is 115 Å². The molecule has 1 saturated carbocycles. The number of hydrogen-bond acceptors (Lipinski definition) is 6. The van der Waals surface area contributed by atoms with Gasteiger partial charge in [0.1, 0.15) is 17.5 Å². The second kappa shape index (κ2) is 8.99. The van der Waals surface area contributed by atoms with E-state index in [1.54, 1.807) is 13.1 Å². The summed E-state index contributed by atoms with van der Waals surface area (Å²) in [6, 6.07) is 21.0. The van der Waals surface area contributed by atoms with Crippen molar-refractivity contribution in [3.63, 3.8) is 0 Å². The van der Waals surface area contributed by atoms with Crippen LogP contribution in [-0.4, -0.2) is 27.3 Å². The van der Waals surface area contributed by atoms with Gasteiger partial charge in [0.15, 0.2) is 5.76 Å². The second-order valence-corrected chi connectivity index (χ2v) is 9.73. The van der Waals surface area contributed by atoms with Crippen LogP contribution in [0.4, 0.5) is 10.5 Å². The molecular formula is C30H25N3O5. The lowest BCUT2D eigenvalue weighted by molar-refractivity contribution is -0.140. The highest BCUT2D eigenvalue weighted by atomic mass is 16.6. The Morgan fingerprint density at radius 1 is 1.05 bits per heavy atom. The van der Waals surface area contributed by atoms with Gasteiger partial charge in [0.05, 0.1) is 10.9 Å². The van der Waals surface area contributed by atoms with Crippen molar-refractivity contribution in [2.45, 2.75) is 38.2 Å². The molecule has 1 unspecified atom stereocenters. The summed E-state index contributed by atoms with van der Waals surface area (Å²) in [5.74, 6) is -0.372. The van der Waals surface area contributed by atoms with E-state index in [2.05, 4.69) is 15.5 Å². The quantitative estimate of drug-likeness (QED) is 0.244. The molecule has 1 atom stereocenters. The largest absolute Gasteiger partial charge is 0.481 e. The first-order valence-corrected chi connectivity index (χ1v) is 12.4. The number of amides is 1. The number of pyridine rings is 1. The Bertz CT molecular complexity index is 1710. The van der Waals surface area contributed by atoms with Crippen LogP contribution in [0.1, 0.15) is 42.7 Å². The molecule has 0 saturated heterocycles. The Morgan fingerprint density at radius 3 is 2.55 bits per heavy atom. The van der Waals surface area contributed by atoms with Crippen LogP contribution in [0.25, 0.3) is 33.0 Å². The number of fused-ring (bicyclic) bond motifs is 3. The number of nitrogens with one attached hydrogen (secondary N) is 1. The fourth-order valence-corrected chi connectivity index (χ4v) is 4.91. The Hall–Kier alpha value is -4.72. The summed E-state index contributed by atoms with van der Waals surface area (Å²) in [7, 11) is 0. The van der Waals surface area contributed by atoms with Gasteiger partial charge in [-0.25, -0.2) is 4.79 Å². The first-order valence-electron chi connectivity index (χ1n) is 12.4. The van der Waals surface area contributed by atoms with Gasteiger partial charge in [-0.15, -0.1) is 0 Å². The molecule has 2 aromatic heterocycles. The van der Waals surface area contributed by atoms with Crippen LogP contribution in [0.15, 0.2) is 77.4 Å². The van der Waals surface area contributed by atoms with Crippen molar-refractivity contribution in [3.05, 3.63) is 89.7 Å². The van der Waals surface area contributed by atoms with Crippen LogP contribution in [0.5, 0.6) is 0 Å². The van der Waals surface area contributed by atoms with Crippen molar-refractivity contribution in [3.8, 4) is 11.3 Å². The molecule has 190 valence electrons. The highest BCUT2D eigenvalue weighted by molar-refractivity contribution is 6.07. The highest BCUT2D eigenvalue weighted by Crippen LogP contribution is 2.49. The van der Waals surface area contributed by atoms with Gasteiger partial charge < -0.3 is 14.4 Å². The number of rotatable bonds is 6. The highest BCUT2D eigenvalue weighted by Gasteiger charge is 2.51. The van der Waals surface area contributed by atoms with Crippen LogP contribution in [0.2, 0.25) is 0 Å². The van der Waals surface area contributed by atoms with E-state index in [-0.39, 0.29) is 0 Å². The Morgan fingerprint density at radius 2 is 1.82 bits per heavy atom. The minimum Gasteiger partial charge on any atom is -0.481 e. The predicted octanol–water partition coefficient (Wildman–Crippen LogP) is 6.78. The van der Waals surface area contributed by atoms with Crippen molar-refractivity contribution >= 4 is 39.4 Å². The van der Waals surface area contributed by atoms with Crippen molar-refractivity contribution in [1.82, 2.24) is 10.1 Å². The van der Waals surface area contributed by atoms with Gasteiger partial charge in [-0.05, 0) is 55.3 Å². The number of carbonyl (C=O) groups excluding carboxylic acids is 1. The van der Waals surface area contributed by atoms with Crippen LogP contribution in [0.3, 0.4) is 0 Å². The number of carboxylic acids is 1. The van der Waals surface area contributed by atoms with Crippen molar-refractivity contribution in [2.75, 3.05) is 5.32 Å². The molecule has 38 heavy (non-hydrogen) atoms. The number of anilines is 1. The van der Waals surface area contributed by atoms with E-state index in [1.165, 1.54) is 0 Å². The normalized spacial score (nSPS) is 14.8. The molecule has 2 N–H and O–H groups in total. The maximum atomic E-state index is 12.7. The van der Waals surface area contributed by atoms with E-state index in [4.69, 9.17) is 9.26 Å². The molecule has 5 aromatic rings. The molecule has 1 amide bonds. The Balaban J connectivity index is 1.29. The monoisotopic (exact) mass is 507 g/mol. The average Bonchev–Trinajstić information content (AvgIpc) is 3.67. The fourth-order valence-electron chi connectivity index (χ4n) is 4.91. The molecule has 6 rings (SSSR count). The van der Waals surface area contributed by atoms with E-state index < -0.39 is 23.6 Å². The molecule has 8 heteroatoms. The number of ether oxygens (including phenoxy) is 1. The number of aromatic nitrogens is 2. The summed E-state index contributed by atoms with van der Waals surface area (Å²) in [4.78, 5) is 29.1. The van der Waals surface area contributed by atoms with Crippen LogP contribution < -0.4 is 5.32 Å². The van der Waals surface area contributed by atoms with E-state index in [1.807, 2.05) is 73.7 Å². The first kappa shape index (κ1) is 23.7. The summed E-state index contributed by atoms with van der Waals surface area (Å²) in [6.45, 7) is 3.56. The predicted molar refractivity (Wildman–Crippen MR) is 143 cm³/mol. The number of hydrogen-bond donors (Lipinski definition) is 2. The molecule has 8 nitrogen and oxygen atoms in total. The molecule has 1 aliphatic carbocycles. The average molecular weight is 508 g/mol. The van der Waals surface area contributed by atoms with Crippen LogP contribution in [0, 0.1) is 6.92 Å². The van der Waals surface area contributed by atoms with Crippen molar-refractivity contribution < 1.29 is 24.0 Å². The molecular weight excluding hydrogens is 482 g/mol. The number of benzene rings is 3. The zero-order valence-electron chi connectivity index (χ0n) is 20.9. The van der Waals surface area contributed by atoms with E-state index in [0.29, 0.717) is 35.5 Å². The molecule has 1 fully saturated rings. The van der Waals surface area contributed by atoms with E-state index >= 15 is 0 Å². The zero-order valence-corrected chi connectivity index (χ0v) is 20.9. The summed E-state index contributed by atoms with van der Waals surface area (Å²) >= 11 is 0. The maximum absolute atomic E-state index is 12.7. The summed E-state index contributed by atoms with van der Waals surface area (Å²) in [6.07, 6.45) is 2.04. The molecule has 2 heterocycles. The summed E-state index contributed by atoms with van der Waals surface area (Å²) < 4.78 is 11.1. The van der Waals surface area contributed by atoms with E-state index in [0.717, 1.165) is 32.8 Å². The standard InChI is InChI=1S/C30H25N3O5/c1-17-26(32-29(36)37-18(2)19-6-4-3-5-7-19)27(38-33-17)20-8-10-24-23-11-9-22(30(12-13-30)28(34)35)14-21(23)16-31-25(24)15-20/h3-11,14-16,18H,12-13H2,1-2H3,(H,32,36)(H,34,35). The maximum Gasteiger partial charge on any atom is 0.412 e. The first-order chi connectivity index (χ1) is 18.4. The fraction of sp³-hybridized carbons (Fsp3) is 0.200. The molecule has 0 bridgehead atoms. The van der Waals surface area contributed by atoms with Crippen LogP contribution in [-0.2, 0) is 14.9 Å². The van der Waals surface area contributed by atoms with Crippen LogP contribution >= 0.6 is 0 Å². The molecule has 1 aliphatic rings. The van der Waals surface area contributed by atoms with Gasteiger partial charge in [0, 0.05) is 22.5 Å². The summed E-state index contributed by atoms with van der Waals surface area (Å²) in [5, 5.41) is 19.3. The third-order valence-corrected chi connectivity index (χ3v) is 7.30. The van der Waals surface area contributed by atoms with Gasteiger partial charge in [0.25, 0.3) is 0 Å². The third-order valence-electron chi connectivity index (χ3n) is 7.30. The van der Waals surface area contributed by atoms with Crippen molar-refractivity contribution in [1.29, 1.82) is 0 Å². The lowest BCUT2D eigenvalue weighted by atomic mass is 9.93. The molecule has 0 radical (unpaired) electrons. The molecule has 3 aromatic carbocycles. The van der Waals surface area contributed by atoms with Gasteiger partial charge >= 0.3 is 12.1 Å². The number of nitrogens with zero attached hydrogens (tertiary/aromatic N) is 2. The zero-order chi connectivity index (χ0) is 26.4. The second-order valence-electron chi connectivity index (χ2n) is 9.73. The number of carbonyl (C=O) groups is 2. The third kappa shape index (κ3) is 4.04. The Kier molecular flexibility index (Phi) is 5.60. The van der Waals surface area contributed by atoms with Gasteiger partial charge in [0.2, 0.25) is 0 Å². The lowest BCUT2D eigenvalue weighted by Crippen LogP contribution is -2.19. The number of aliphatic carboxylic acids is 1. The minimum atomic E-state index is -0.777. The molecule has 0 spiro atoms. The number of carboxylic acid groups (broad SMARTS) is 1. The van der Waals surface area contributed by atoms with Crippen molar-refractivity contribution in [2.24, 2.45) is 0 Å². The van der Waals surface area contributed by atoms with Gasteiger partial charge in [-0.1, -0.05) is 59.8 Å². The van der Waals surface area contributed by atoms with Gasteiger partial charge in [-0.3, -0.25) is 15.1 Å². The van der Waals surface area contributed by atoms with Gasteiger partial charge in [-0.2, -0.15) is 0 Å². The summed E-state index contributed by atoms with van der Waals surface area (Å²) in [5.41, 5.74) is 3.34.